The van der Waals surface area contributed by atoms with Crippen molar-refractivity contribution in [2.45, 2.75) is 0 Å². The third kappa shape index (κ3) is 4.23. The molecular formula is C16H14ClNO4. The Kier molecular flexibility index (Phi) is 5.38. The highest BCUT2D eigenvalue weighted by molar-refractivity contribution is 6.30. The van der Waals surface area contributed by atoms with Gasteiger partial charge in [0.25, 0.3) is 5.91 Å². The molecule has 0 aliphatic heterocycles. The van der Waals surface area contributed by atoms with Crippen molar-refractivity contribution in [3.8, 4) is 11.5 Å². The number of aldehydes is 1. The van der Waals surface area contributed by atoms with Crippen molar-refractivity contribution in [1.29, 1.82) is 0 Å². The Balaban J connectivity index is 1.99. The minimum atomic E-state index is -0.365. The van der Waals surface area contributed by atoms with E-state index in [1.54, 1.807) is 36.4 Å². The molecule has 0 saturated heterocycles. The topological polar surface area (TPSA) is 64.6 Å². The predicted octanol–water partition coefficient (Wildman–Crippen LogP) is 3.18. The fraction of sp³-hybridized carbons (Fsp3) is 0.125. The van der Waals surface area contributed by atoms with E-state index in [4.69, 9.17) is 21.1 Å². The summed E-state index contributed by atoms with van der Waals surface area (Å²) in [6, 6.07) is 11.4. The maximum absolute atomic E-state index is 11.9. The van der Waals surface area contributed by atoms with Gasteiger partial charge in [-0.1, -0.05) is 11.6 Å². The molecule has 114 valence electrons. The van der Waals surface area contributed by atoms with Crippen molar-refractivity contribution in [2.75, 3.05) is 19.0 Å². The molecule has 1 N–H and O–H groups in total. The third-order valence-electron chi connectivity index (χ3n) is 2.82. The van der Waals surface area contributed by atoms with Crippen LogP contribution in [0.4, 0.5) is 5.69 Å². The molecule has 0 saturated carbocycles. The van der Waals surface area contributed by atoms with Crippen LogP contribution in [0.2, 0.25) is 5.02 Å². The van der Waals surface area contributed by atoms with Gasteiger partial charge in [-0.15, -0.1) is 0 Å². The lowest BCUT2D eigenvalue weighted by atomic mass is 10.2. The number of nitrogens with one attached hydrogen (secondary N) is 1. The molecule has 2 rings (SSSR count). The lowest BCUT2D eigenvalue weighted by Gasteiger charge is -2.11. The zero-order valence-corrected chi connectivity index (χ0v) is 12.6. The van der Waals surface area contributed by atoms with Crippen molar-refractivity contribution in [2.24, 2.45) is 0 Å². The van der Waals surface area contributed by atoms with E-state index in [1.807, 2.05) is 0 Å². The van der Waals surface area contributed by atoms with Crippen LogP contribution in [0.15, 0.2) is 42.5 Å². The standard InChI is InChI=1S/C16H14ClNO4/c1-21-15-7-2-11(9-19)8-14(15)18-16(20)10-22-13-5-3-12(17)4-6-13/h2-9H,10H2,1H3,(H,18,20). The van der Waals surface area contributed by atoms with Gasteiger partial charge in [0.05, 0.1) is 12.8 Å². The largest absolute Gasteiger partial charge is 0.495 e. The molecular weight excluding hydrogens is 306 g/mol. The van der Waals surface area contributed by atoms with Gasteiger partial charge in [-0.2, -0.15) is 0 Å². The van der Waals surface area contributed by atoms with E-state index in [9.17, 15) is 9.59 Å². The van der Waals surface area contributed by atoms with E-state index in [-0.39, 0.29) is 12.5 Å². The minimum absolute atomic E-state index is 0.171. The number of amides is 1. The summed E-state index contributed by atoms with van der Waals surface area (Å²) in [5, 5.41) is 3.23. The highest BCUT2D eigenvalue weighted by Gasteiger charge is 2.09. The van der Waals surface area contributed by atoms with E-state index >= 15 is 0 Å². The molecule has 0 bridgehead atoms. The normalized spacial score (nSPS) is 9.91. The van der Waals surface area contributed by atoms with E-state index < -0.39 is 0 Å². The van der Waals surface area contributed by atoms with Crippen LogP contribution in [0.1, 0.15) is 10.4 Å². The van der Waals surface area contributed by atoms with Crippen LogP contribution in [0.5, 0.6) is 11.5 Å². The molecule has 0 spiro atoms. The molecule has 0 unspecified atom stereocenters. The van der Waals surface area contributed by atoms with Gasteiger partial charge in [0.1, 0.15) is 17.8 Å². The highest BCUT2D eigenvalue weighted by Crippen LogP contribution is 2.25. The molecule has 0 atom stereocenters. The van der Waals surface area contributed by atoms with Crippen LogP contribution in [0, 0.1) is 0 Å². The summed E-state index contributed by atoms with van der Waals surface area (Å²) in [4.78, 5) is 22.7. The average molecular weight is 320 g/mol. The van der Waals surface area contributed by atoms with Crippen LogP contribution in [-0.2, 0) is 4.79 Å². The summed E-state index contributed by atoms with van der Waals surface area (Å²) < 4.78 is 10.5. The van der Waals surface area contributed by atoms with Crippen molar-refractivity contribution < 1.29 is 19.1 Å². The van der Waals surface area contributed by atoms with Crippen LogP contribution < -0.4 is 14.8 Å². The Morgan fingerprint density at radius 3 is 2.59 bits per heavy atom. The molecule has 0 aromatic heterocycles. The van der Waals surface area contributed by atoms with E-state index in [1.165, 1.54) is 13.2 Å². The molecule has 0 radical (unpaired) electrons. The zero-order valence-electron chi connectivity index (χ0n) is 11.8. The fourth-order valence-corrected chi connectivity index (χ4v) is 1.89. The number of hydrogen-bond acceptors (Lipinski definition) is 4. The molecule has 0 aliphatic carbocycles. The van der Waals surface area contributed by atoms with Gasteiger partial charge in [0, 0.05) is 10.6 Å². The maximum atomic E-state index is 11.9. The molecule has 0 heterocycles. The number of methoxy groups -OCH3 is 1. The lowest BCUT2D eigenvalue weighted by molar-refractivity contribution is -0.118. The number of hydrogen-bond donors (Lipinski definition) is 1. The number of anilines is 1. The first-order chi connectivity index (χ1) is 10.6. The lowest BCUT2D eigenvalue weighted by Crippen LogP contribution is -2.20. The number of carbonyl (C=O) groups is 2. The van der Waals surface area contributed by atoms with Crippen molar-refractivity contribution in [3.05, 3.63) is 53.1 Å². The number of halogens is 1. The van der Waals surface area contributed by atoms with E-state index in [0.717, 1.165) is 0 Å². The van der Waals surface area contributed by atoms with Crippen LogP contribution in [0.3, 0.4) is 0 Å². The Morgan fingerprint density at radius 2 is 1.95 bits per heavy atom. The van der Waals surface area contributed by atoms with Gasteiger partial charge in [0.2, 0.25) is 0 Å². The predicted molar refractivity (Wildman–Crippen MR) is 84.0 cm³/mol. The summed E-state index contributed by atoms with van der Waals surface area (Å²) in [6.45, 7) is -0.171. The summed E-state index contributed by atoms with van der Waals surface area (Å²) >= 11 is 5.77. The van der Waals surface area contributed by atoms with Gasteiger partial charge in [-0.05, 0) is 42.5 Å². The quantitative estimate of drug-likeness (QED) is 0.831. The molecule has 1 amide bonds. The zero-order chi connectivity index (χ0) is 15.9. The molecule has 6 heteroatoms. The Bertz CT molecular complexity index is 670. The second-order valence-electron chi connectivity index (χ2n) is 4.37. The molecule has 2 aromatic rings. The fourth-order valence-electron chi connectivity index (χ4n) is 1.76. The third-order valence-corrected chi connectivity index (χ3v) is 3.07. The van der Waals surface area contributed by atoms with Gasteiger partial charge >= 0.3 is 0 Å². The average Bonchev–Trinajstić information content (AvgIpc) is 2.54. The minimum Gasteiger partial charge on any atom is -0.495 e. The Morgan fingerprint density at radius 1 is 1.23 bits per heavy atom. The van der Waals surface area contributed by atoms with Gasteiger partial charge in [-0.3, -0.25) is 9.59 Å². The van der Waals surface area contributed by atoms with E-state index in [0.29, 0.717) is 34.1 Å². The molecule has 2 aromatic carbocycles. The smallest absolute Gasteiger partial charge is 0.262 e. The van der Waals surface area contributed by atoms with Crippen LogP contribution in [-0.4, -0.2) is 25.9 Å². The SMILES string of the molecule is COc1ccc(C=O)cc1NC(=O)COc1ccc(Cl)cc1. The molecule has 5 nitrogen and oxygen atoms in total. The van der Waals surface area contributed by atoms with Crippen molar-refractivity contribution in [3.63, 3.8) is 0 Å². The second-order valence-corrected chi connectivity index (χ2v) is 4.80. The number of rotatable bonds is 6. The number of carbonyl (C=O) groups excluding carboxylic acids is 2. The first kappa shape index (κ1) is 15.9. The molecule has 0 aliphatic rings. The van der Waals surface area contributed by atoms with Crippen molar-refractivity contribution in [1.82, 2.24) is 0 Å². The highest BCUT2D eigenvalue weighted by atomic mass is 35.5. The van der Waals surface area contributed by atoms with Gasteiger partial charge in [0.15, 0.2) is 6.61 Å². The first-order valence-corrected chi connectivity index (χ1v) is 6.81. The van der Waals surface area contributed by atoms with Crippen LogP contribution in [0.25, 0.3) is 0 Å². The summed E-state index contributed by atoms with van der Waals surface area (Å²) in [6.07, 6.45) is 0.694. The molecule has 22 heavy (non-hydrogen) atoms. The van der Waals surface area contributed by atoms with Crippen molar-refractivity contribution >= 4 is 29.5 Å². The number of benzene rings is 2. The Labute approximate surface area is 132 Å². The summed E-state index contributed by atoms with van der Waals surface area (Å²) in [5.41, 5.74) is 0.853. The van der Waals surface area contributed by atoms with Gasteiger partial charge in [-0.25, -0.2) is 0 Å². The van der Waals surface area contributed by atoms with E-state index in [2.05, 4.69) is 5.32 Å². The monoisotopic (exact) mass is 319 g/mol. The summed E-state index contributed by atoms with van der Waals surface area (Å²) in [5.74, 6) is 0.634. The molecule has 0 fully saturated rings. The van der Waals surface area contributed by atoms with Gasteiger partial charge < -0.3 is 14.8 Å². The second kappa shape index (κ2) is 7.47. The first-order valence-electron chi connectivity index (χ1n) is 6.44. The summed E-state index contributed by atoms with van der Waals surface area (Å²) in [7, 11) is 1.48. The number of ether oxygens (including phenoxy) is 2. The van der Waals surface area contributed by atoms with Crippen LogP contribution >= 0.6 is 11.6 Å². The Hall–Kier alpha value is -2.53. The maximum Gasteiger partial charge on any atom is 0.262 e.